The second-order valence-electron chi connectivity index (χ2n) is 5.53. The summed E-state index contributed by atoms with van der Waals surface area (Å²) >= 11 is 0. The first-order valence-electron chi connectivity index (χ1n) is 7.04. The van der Waals surface area contributed by atoms with Crippen LogP contribution in [0.4, 0.5) is 0 Å². The highest BCUT2D eigenvalue weighted by atomic mass is 16.4. The molecule has 1 aromatic carbocycles. The molecular weight excluding hydrogens is 268 g/mol. The number of nitrogens with zero attached hydrogens (tertiary/aromatic N) is 4. The topological polar surface area (TPSA) is 71.2 Å². The van der Waals surface area contributed by atoms with Crippen molar-refractivity contribution in [2.75, 3.05) is 6.54 Å². The number of benzene rings is 1. The average Bonchev–Trinajstić information content (AvgIpc) is 3.09. The van der Waals surface area contributed by atoms with Gasteiger partial charge in [0.05, 0.1) is 12.2 Å². The van der Waals surface area contributed by atoms with E-state index in [9.17, 15) is 9.90 Å². The molecule has 1 fully saturated rings. The van der Waals surface area contributed by atoms with E-state index in [0.29, 0.717) is 13.0 Å². The van der Waals surface area contributed by atoms with Gasteiger partial charge in [-0.05, 0) is 38.4 Å². The molecule has 1 aliphatic rings. The fraction of sp³-hybridized carbons (Fsp3) is 0.400. The quantitative estimate of drug-likeness (QED) is 0.926. The zero-order valence-corrected chi connectivity index (χ0v) is 11.9. The first-order valence-corrected chi connectivity index (χ1v) is 7.04. The molecule has 110 valence electrons. The van der Waals surface area contributed by atoms with Gasteiger partial charge in [-0.2, -0.15) is 5.10 Å². The van der Waals surface area contributed by atoms with Gasteiger partial charge in [0.25, 0.3) is 0 Å². The van der Waals surface area contributed by atoms with E-state index >= 15 is 0 Å². The number of hydrogen-bond acceptors (Lipinski definition) is 4. The van der Waals surface area contributed by atoms with Crippen LogP contribution in [0.1, 0.15) is 25.6 Å². The molecule has 1 saturated heterocycles. The Hall–Kier alpha value is -2.21. The first-order chi connectivity index (χ1) is 10.1. The molecule has 1 unspecified atom stereocenters. The molecule has 6 nitrogen and oxygen atoms in total. The Morgan fingerprint density at radius 2 is 2.14 bits per heavy atom. The number of carbonyl (C=O) groups is 1. The Morgan fingerprint density at radius 3 is 2.86 bits per heavy atom. The molecule has 1 N–H and O–H groups in total. The molecule has 0 bridgehead atoms. The van der Waals surface area contributed by atoms with Crippen molar-refractivity contribution in [3.8, 4) is 5.69 Å². The number of aromatic nitrogens is 3. The van der Waals surface area contributed by atoms with Crippen LogP contribution < -0.4 is 0 Å². The summed E-state index contributed by atoms with van der Waals surface area (Å²) in [4.78, 5) is 17.8. The predicted octanol–water partition coefficient (Wildman–Crippen LogP) is 1.71. The van der Waals surface area contributed by atoms with Crippen molar-refractivity contribution in [2.24, 2.45) is 0 Å². The lowest BCUT2D eigenvalue weighted by Crippen LogP contribution is -2.47. The first kappa shape index (κ1) is 13.8. The van der Waals surface area contributed by atoms with Gasteiger partial charge in [-0.25, -0.2) is 9.67 Å². The van der Waals surface area contributed by atoms with Gasteiger partial charge in [0.15, 0.2) is 0 Å². The predicted molar refractivity (Wildman–Crippen MR) is 77.0 cm³/mol. The van der Waals surface area contributed by atoms with E-state index < -0.39 is 11.5 Å². The third-order valence-corrected chi connectivity index (χ3v) is 4.20. The summed E-state index contributed by atoms with van der Waals surface area (Å²) in [6.07, 6.45) is 3.07. The Kier molecular flexibility index (Phi) is 3.47. The van der Waals surface area contributed by atoms with Gasteiger partial charge in [0.2, 0.25) is 0 Å². The Bertz CT molecular complexity index is 640. The summed E-state index contributed by atoms with van der Waals surface area (Å²) in [5.74, 6) is -0.0126. The van der Waals surface area contributed by atoms with E-state index in [1.807, 2.05) is 35.2 Å². The molecule has 0 amide bonds. The second kappa shape index (κ2) is 5.29. The molecular formula is C15H18N4O2. The average molecular weight is 286 g/mol. The summed E-state index contributed by atoms with van der Waals surface area (Å²) in [7, 11) is 0. The third-order valence-electron chi connectivity index (χ3n) is 4.20. The minimum atomic E-state index is -0.812. The molecule has 2 heterocycles. The van der Waals surface area contributed by atoms with Gasteiger partial charge in [-0.1, -0.05) is 18.2 Å². The number of hydrogen-bond donors (Lipinski definition) is 1. The Morgan fingerprint density at radius 1 is 1.38 bits per heavy atom. The summed E-state index contributed by atoms with van der Waals surface area (Å²) in [5.41, 5.74) is 0.120. The van der Waals surface area contributed by atoms with E-state index in [-0.39, 0.29) is 0 Å². The van der Waals surface area contributed by atoms with Crippen molar-refractivity contribution >= 4 is 5.97 Å². The van der Waals surface area contributed by atoms with Crippen LogP contribution in [0.25, 0.3) is 5.69 Å². The van der Waals surface area contributed by atoms with Gasteiger partial charge in [-0.15, -0.1) is 0 Å². The molecule has 6 heteroatoms. The number of carboxylic acids is 1. The van der Waals surface area contributed by atoms with Crippen LogP contribution in [0.3, 0.4) is 0 Å². The highest BCUT2D eigenvalue weighted by Gasteiger charge is 2.43. The van der Waals surface area contributed by atoms with Gasteiger partial charge < -0.3 is 5.11 Å². The van der Waals surface area contributed by atoms with Crippen LogP contribution in [-0.2, 0) is 11.3 Å². The van der Waals surface area contributed by atoms with E-state index in [0.717, 1.165) is 24.5 Å². The lowest BCUT2D eigenvalue weighted by molar-refractivity contribution is -0.149. The number of likely N-dealkylation sites (tertiary alicyclic amines) is 1. The van der Waals surface area contributed by atoms with Crippen LogP contribution in [0.2, 0.25) is 0 Å². The van der Waals surface area contributed by atoms with Crippen molar-refractivity contribution < 1.29 is 9.90 Å². The Balaban J connectivity index is 1.87. The monoisotopic (exact) mass is 286 g/mol. The maximum absolute atomic E-state index is 11.5. The molecule has 0 radical (unpaired) electrons. The molecule has 3 rings (SSSR count). The van der Waals surface area contributed by atoms with Crippen LogP contribution in [0.5, 0.6) is 0 Å². The molecule has 1 aromatic heterocycles. The summed E-state index contributed by atoms with van der Waals surface area (Å²) in [6, 6.07) is 9.75. The highest BCUT2D eigenvalue weighted by Crippen LogP contribution is 2.30. The normalized spacial score (nSPS) is 22.5. The van der Waals surface area contributed by atoms with Crippen LogP contribution >= 0.6 is 0 Å². The molecule has 0 spiro atoms. The van der Waals surface area contributed by atoms with Crippen molar-refractivity contribution in [3.63, 3.8) is 0 Å². The van der Waals surface area contributed by atoms with Gasteiger partial charge in [-0.3, -0.25) is 9.69 Å². The van der Waals surface area contributed by atoms with Gasteiger partial charge in [0, 0.05) is 0 Å². The molecule has 0 saturated carbocycles. The molecule has 2 aromatic rings. The van der Waals surface area contributed by atoms with Crippen LogP contribution in [0, 0.1) is 0 Å². The zero-order chi connectivity index (χ0) is 14.9. The Labute approximate surface area is 123 Å². The maximum Gasteiger partial charge on any atom is 0.323 e. The fourth-order valence-electron chi connectivity index (χ4n) is 2.84. The van der Waals surface area contributed by atoms with Crippen LogP contribution in [0.15, 0.2) is 36.7 Å². The van der Waals surface area contributed by atoms with E-state index in [1.165, 1.54) is 6.33 Å². The number of rotatable bonds is 4. The minimum Gasteiger partial charge on any atom is -0.480 e. The minimum absolute atomic E-state index is 0.484. The zero-order valence-electron chi connectivity index (χ0n) is 11.9. The van der Waals surface area contributed by atoms with E-state index in [1.54, 1.807) is 11.6 Å². The summed E-state index contributed by atoms with van der Waals surface area (Å²) < 4.78 is 1.76. The van der Waals surface area contributed by atoms with Crippen molar-refractivity contribution in [1.82, 2.24) is 19.7 Å². The number of aliphatic carboxylic acids is 1. The highest BCUT2D eigenvalue weighted by molar-refractivity contribution is 5.78. The van der Waals surface area contributed by atoms with E-state index in [2.05, 4.69) is 10.1 Å². The molecule has 1 atom stereocenters. The standard InChI is InChI=1S/C15H18N4O2/c1-15(14(20)21)8-5-9-18(15)10-13-16-11-17-19(13)12-6-3-2-4-7-12/h2-4,6-7,11H,5,8-10H2,1H3,(H,20,21). The molecule has 21 heavy (non-hydrogen) atoms. The fourth-order valence-corrected chi connectivity index (χ4v) is 2.84. The third kappa shape index (κ3) is 2.42. The number of carboxylic acid groups (broad SMARTS) is 1. The van der Waals surface area contributed by atoms with Gasteiger partial charge in [0.1, 0.15) is 17.7 Å². The lowest BCUT2D eigenvalue weighted by atomic mass is 9.99. The van der Waals surface area contributed by atoms with Crippen molar-refractivity contribution in [2.45, 2.75) is 31.8 Å². The van der Waals surface area contributed by atoms with Crippen LogP contribution in [-0.4, -0.2) is 42.8 Å². The molecule has 1 aliphatic heterocycles. The second-order valence-corrected chi connectivity index (χ2v) is 5.53. The molecule has 0 aliphatic carbocycles. The van der Waals surface area contributed by atoms with Crippen molar-refractivity contribution in [1.29, 1.82) is 0 Å². The number of para-hydroxylation sites is 1. The van der Waals surface area contributed by atoms with Crippen molar-refractivity contribution in [3.05, 3.63) is 42.5 Å². The SMILES string of the molecule is CC1(C(=O)O)CCCN1Cc1ncnn1-c1ccccc1. The van der Waals surface area contributed by atoms with Gasteiger partial charge >= 0.3 is 5.97 Å². The largest absolute Gasteiger partial charge is 0.480 e. The smallest absolute Gasteiger partial charge is 0.323 e. The lowest BCUT2D eigenvalue weighted by Gasteiger charge is -2.30. The summed E-state index contributed by atoms with van der Waals surface area (Å²) in [6.45, 7) is 3.04. The van der Waals surface area contributed by atoms with E-state index in [4.69, 9.17) is 0 Å². The summed E-state index contributed by atoms with van der Waals surface area (Å²) in [5, 5.41) is 13.7. The maximum atomic E-state index is 11.5.